The lowest BCUT2D eigenvalue weighted by Crippen LogP contribution is -2.11. The lowest BCUT2D eigenvalue weighted by atomic mass is 10.2. The summed E-state index contributed by atoms with van der Waals surface area (Å²) in [6.07, 6.45) is 0. The van der Waals surface area contributed by atoms with E-state index in [9.17, 15) is 0 Å². The molecule has 0 aliphatic rings. The molecule has 0 saturated carbocycles. The Labute approximate surface area is 154 Å². The zero-order chi connectivity index (χ0) is 18.4. The molecule has 0 atom stereocenters. The maximum Gasteiger partial charge on any atom is 0.143 e. The molecule has 0 radical (unpaired) electrons. The van der Waals surface area contributed by atoms with Gasteiger partial charge in [-0.05, 0) is 67.9 Å². The smallest absolute Gasteiger partial charge is 0.143 e. The maximum absolute atomic E-state index is 5.39. The van der Waals surface area contributed by atoms with Gasteiger partial charge in [-0.2, -0.15) is 0 Å². The van der Waals surface area contributed by atoms with Gasteiger partial charge < -0.3 is 21.0 Å². The van der Waals surface area contributed by atoms with Gasteiger partial charge in [0.25, 0.3) is 0 Å². The molecule has 134 valence electrons. The van der Waals surface area contributed by atoms with Gasteiger partial charge in [-0.3, -0.25) is 5.43 Å². The number of aryl methyl sites for hydroxylation is 2. The van der Waals surface area contributed by atoms with E-state index in [4.69, 9.17) is 4.74 Å². The van der Waals surface area contributed by atoms with Gasteiger partial charge in [-0.25, -0.2) is 0 Å². The number of hydrazine groups is 2. The van der Waals surface area contributed by atoms with Gasteiger partial charge in [0.1, 0.15) is 5.75 Å². The summed E-state index contributed by atoms with van der Waals surface area (Å²) in [6, 6.07) is 22.2. The van der Waals surface area contributed by atoms with Crippen molar-refractivity contribution in [3.63, 3.8) is 0 Å². The average Bonchev–Trinajstić information content (AvgIpc) is 2.67. The lowest BCUT2D eigenvalue weighted by Gasteiger charge is -2.14. The molecule has 5 heteroatoms. The van der Waals surface area contributed by atoms with E-state index < -0.39 is 0 Å². The van der Waals surface area contributed by atoms with Crippen LogP contribution in [0.4, 0.5) is 22.7 Å². The summed E-state index contributed by atoms with van der Waals surface area (Å²) in [4.78, 5) is 0. The molecule has 3 rings (SSSR count). The minimum absolute atomic E-state index is 0.804. The molecule has 0 unspecified atom stereocenters. The fourth-order valence-corrected chi connectivity index (χ4v) is 2.46. The Bertz CT molecular complexity index is 845. The Morgan fingerprint density at radius 3 is 1.58 bits per heavy atom. The zero-order valence-electron chi connectivity index (χ0n) is 15.3. The second kappa shape index (κ2) is 8.16. The molecule has 3 aromatic carbocycles. The van der Waals surface area contributed by atoms with E-state index in [1.807, 2.05) is 61.5 Å². The van der Waals surface area contributed by atoms with Gasteiger partial charge in [0.15, 0.2) is 0 Å². The van der Waals surface area contributed by atoms with Crippen molar-refractivity contribution in [3.8, 4) is 5.75 Å². The van der Waals surface area contributed by atoms with Crippen molar-refractivity contribution >= 4 is 22.7 Å². The summed E-state index contributed by atoms with van der Waals surface area (Å²) in [5, 5.41) is 0. The third kappa shape index (κ3) is 4.60. The van der Waals surface area contributed by atoms with Gasteiger partial charge in [0.2, 0.25) is 0 Å². The minimum Gasteiger partial charge on any atom is -0.495 e. The highest BCUT2D eigenvalue weighted by Crippen LogP contribution is 2.25. The predicted octanol–water partition coefficient (Wildman–Crippen LogP) is 5.19. The fraction of sp³-hybridized carbons (Fsp3) is 0.143. The highest BCUT2D eigenvalue weighted by atomic mass is 16.5. The molecule has 4 N–H and O–H groups in total. The SMILES string of the molecule is COc1cc(C)ccc1NNc1ccc(NNc2ccc(C)cc2)cc1. The Morgan fingerprint density at radius 2 is 1.04 bits per heavy atom. The number of rotatable bonds is 7. The van der Waals surface area contributed by atoms with Crippen LogP contribution >= 0.6 is 0 Å². The van der Waals surface area contributed by atoms with Crippen molar-refractivity contribution in [3.05, 3.63) is 77.9 Å². The van der Waals surface area contributed by atoms with Crippen LogP contribution in [0.1, 0.15) is 11.1 Å². The highest BCUT2D eigenvalue weighted by Gasteiger charge is 2.02. The van der Waals surface area contributed by atoms with E-state index in [1.165, 1.54) is 5.56 Å². The van der Waals surface area contributed by atoms with E-state index in [0.717, 1.165) is 34.1 Å². The lowest BCUT2D eigenvalue weighted by molar-refractivity contribution is 0.416. The number of hydrogen-bond donors (Lipinski definition) is 4. The summed E-state index contributed by atoms with van der Waals surface area (Å²) in [7, 11) is 1.67. The maximum atomic E-state index is 5.39. The summed E-state index contributed by atoms with van der Waals surface area (Å²) < 4.78 is 5.39. The quantitative estimate of drug-likeness (QED) is 0.443. The third-order valence-corrected chi connectivity index (χ3v) is 3.99. The monoisotopic (exact) mass is 348 g/mol. The Kier molecular flexibility index (Phi) is 5.49. The number of anilines is 4. The van der Waals surface area contributed by atoms with E-state index >= 15 is 0 Å². The van der Waals surface area contributed by atoms with E-state index in [1.54, 1.807) is 7.11 Å². The summed E-state index contributed by atoms with van der Waals surface area (Å²) >= 11 is 0. The molecular weight excluding hydrogens is 324 g/mol. The Morgan fingerprint density at radius 1 is 0.577 bits per heavy atom. The Balaban J connectivity index is 1.55. The standard InChI is InChI=1S/C21H24N4O/c1-15-4-7-17(8-5-15)22-23-18-9-11-19(12-10-18)24-25-20-13-6-16(2)14-21(20)26-3/h4-14,22-25H,1-3H3. The second-order valence-electron chi connectivity index (χ2n) is 6.15. The number of hydrogen-bond acceptors (Lipinski definition) is 5. The van der Waals surface area contributed by atoms with Gasteiger partial charge in [0.05, 0.1) is 29.9 Å². The van der Waals surface area contributed by atoms with Crippen molar-refractivity contribution in [1.82, 2.24) is 0 Å². The first-order valence-electron chi connectivity index (χ1n) is 8.49. The Hall–Kier alpha value is -3.34. The highest BCUT2D eigenvalue weighted by molar-refractivity contribution is 5.63. The molecular formula is C21H24N4O. The molecule has 0 aromatic heterocycles. The van der Waals surface area contributed by atoms with Gasteiger partial charge in [-0.15, -0.1) is 0 Å². The largest absolute Gasteiger partial charge is 0.495 e. The number of nitrogens with one attached hydrogen (secondary N) is 4. The van der Waals surface area contributed by atoms with Crippen LogP contribution in [-0.2, 0) is 0 Å². The number of ether oxygens (including phenoxy) is 1. The molecule has 0 saturated heterocycles. The molecule has 0 spiro atoms. The molecule has 0 amide bonds. The number of benzene rings is 3. The second-order valence-corrected chi connectivity index (χ2v) is 6.15. The van der Waals surface area contributed by atoms with Crippen LogP contribution in [0.15, 0.2) is 66.7 Å². The minimum atomic E-state index is 0.804. The normalized spacial score (nSPS) is 10.1. The fourth-order valence-electron chi connectivity index (χ4n) is 2.46. The van der Waals surface area contributed by atoms with Crippen LogP contribution in [0, 0.1) is 13.8 Å². The van der Waals surface area contributed by atoms with Crippen LogP contribution in [0.5, 0.6) is 5.75 Å². The number of methoxy groups -OCH3 is 1. The van der Waals surface area contributed by atoms with Crippen molar-refractivity contribution in [1.29, 1.82) is 0 Å². The van der Waals surface area contributed by atoms with Crippen LogP contribution in [-0.4, -0.2) is 7.11 Å². The van der Waals surface area contributed by atoms with Gasteiger partial charge >= 0.3 is 0 Å². The summed E-state index contributed by atoms with van der Waals surface area (Å²) in [5.74, 6) is 0.804. The molecule has 0 bridgehead atoms. The van der Waals surface area contributed by atoms with Crippen molar-refractivity contribution in [2.24, 2.45) is 0 Å². The van der Waals surface area contributed by atoms with Crippen molar-refractivity contribution in [2.45, 2.75) is 13.8 Å². The van der Waals surface area contributed by atoms with E-state index in [0.29, 0.717) is 0 Å². The molecule has 0 aliphatic heterocycles. The topological polar surface area (TPSA) is 57.4 Å². The van der Waals surface area contributed by atoms with Gasteiger partial charge in [0, 0.05) is 0 Å². The van der Waals surface area contributed by atoms with Crippen LogP contribution in [0.3, 0.4) is 0 Å². The van der Waals surface area contributed by atoms with Gasteiger partial charge in [-0.1, -0.05) is 23.8 Å². The van der Waals surface area contributed by atoms with Crippen LogP contribution < -0.4 is 26.4 Å². The van der Waals surface area contributed by atoms with Crippen LogP contribution in [0.2, 0.25) is 0 Å². The van der Waals surface area contributed by atoms with Crippen molar-refractivity contribution < 1.29 is 4.74 Å². The predicted molar refractivity (Wildman–Crippen MR) is 110 cm³/mol. The molecule has 26 heavy (non-hydrogen) atoms. The first-order chi connectivity index (χ1) is 12.6. The molecule has 0 fully saturated rings. The zero-order valence-corrected chi connectivity index (χ0v) is 15.3. The summed E-state index contributed by atoms with van der Waals surface area (Å²) in [5.41, 5.74) is 19.0. The van der Waals surface area contributed by atoms with Crippen molar-refractivity contribution in [2.75, 3.05) is 28.8 Å². The first-order valence-corrected chi connectivity index (χ1v) is 8.49. The van der Waals surface area contributed by atoms with Crippen LogP contribution in [0.25, 0.3) is 0 Å². The molecule has 3 aromatic rings. The average molecular weight is 348 g/mol. The summed E-state index contributed by atoms with van der Waals surface area (Å²) in [6.45, 7) is 4.11. The van der Waals surface area contributed by atoms with E-state index in [2.05, 4.69) is 40.8 Å². The first kappa shape index (κ1) is 17.5. The third-order valence-electron chi connectivity index (χ3n) is 3.99. The van der Waals surface area contributed by atoms with E-state index in [-0.39, 0.29) is 0 Å². The molecule has 5 nitrogen and oxygen atoms in total. The molecule has 0 aliphatic carbocycles. The molecule has 0 heterocycles.